The van der Waals surface area contributed by atoms with Gasteiger partial charge < -0.3 is 9.64 Å². The number of nitrogens with zero attached hydrogens (tertiary/aromatic N) is 5. The normalized spacial score (nSPS) is 18.6. The van der Waals surface area contributed by atoms with E-state index in [1.165, 1.54) is 29.5 Å². The first-order valence-electron chi connectivity index (χ1n) is 15.5. The van der Waals surface area contributed by atoms with Crippen LogP contribution in [0.2, 0.25) is 0 Å². The Morgan fingerprint density at radius 3 is 2.42 bits per heavy atom. The minimum absolute atomic E-state index is 0.329. The second kappa shape index (κ2) is 11.3. The number of hydrogen-bond donors (Lipinski definition) is 0. The first-order chi connectivity index (χ1) is 21.7. The maximum absolute atomic E-state index is 14.3. The van der Waals surface area contributed by atoms with Gasteiger partial charge in [-0.05, 0) is 83.6 Å². The summed E-state index contributed by atoms with van der Waals surface area (Å²) in [5.41, 5.74) is 7.77. The lowest BCUT2D eigenvalue weighted by atomic mass is 9.73. The van der Waals surface area contributed by atoms with E-state index >= 15 is 0 Å². The molecule has 7 rings (SSSR count). The number of ether oxygens (including phenoxy) is 1. The number of hydrogen-bond acceptors (Lipinski definition) is 4. The van der Waals surface area contributed by atoms with Crippen LogP contribution in [0.3, 0.4) is 0 Å². The second-order valence-corrected chi connectivity index (χ2v) is 12.6. The van der Waals surface area contributed by atoms with Crippen molar-refractivity contribution in [1.29, 1.82) is 0 Å². The summed E-state index contributed by atoms with van der Waals surface area (Å²) in [6.07, 6.45) is 5.05. The molecule has 0 radical (unpaired) electrons. The molecular formula is C38H38FN5O. The third-order valence-corrected chi connectivity index (χ3v) is 9.33. The molecule has 1 aliphatic carbocycles. The highest BCUT2D eigenvalue weighted by atomic mass is 19.1. The first-order valence-corrected chi connectivity index (χ1v) is 15.5. The zero-order chi connectivity index (χ0) is 31.4. The number of aryl methyl sites for hydroxylation is 1. The van der Waals surface area contributed by atoms with E-state index in [-0.39, 0.29) is 5.82 Å². The van der Waals surface area contributed by atoms with Crippen molar-refractivity contribution in [1.82, 2.24) is 24.2 Å². The summed E-state index contributed by atoms with van der Waals surface area (Å²) < 4.78 is 24.7. The van der Waals surface area contributed by atoms with E-state index < -0.39 is 0 Å². The predicted molar refractivity (Wildman–Crippen MR) is 179 cm³/mol. The number of allylic oxidation sites excluding steroid dienone is 1. The maximum Gasteiger partial charge on any atom is 0.140 e. The van der Waals surface area contributed by atoms with Gasteiger partial charge in [0.05, 0.1) is 22.4 Å². The summed E-state index contributed by atoms with van der Waals surface area (Å²) in [6.45, 7) is 8.93. The highest BCUT2D eigenvalue weighted by Gasteiger charge is 2.33. The van der Waals surface area contributed by atoms with E-state index in [2.05, 4.69) is 75.9 Å². The first kappa shape index (κ1) is 29.0. The molecule has 3 heterocycles. The van der Waals surface area contributed by atoms with Gasteiger partial charge in [-0.25, -0.2) is 14.1 Å². The molecule has 3 atom stereocenters. The Labute approximate surface area is 263 Å². The van der Waals surface area contributed by atoms with Crippen LogP contribution >= 0.6 is 0 Å². The van der Waals surface area contributed by atoms with Crippen molar-refractivity contribution in [2.24, 2.45) is 5.92 Å². The molecule has 1 unspecified atom stereocenters. The third kappa shape index (κ3) is 5.11. The van der Waals surface area contributed by atoms with E-state index in [1.807, 2.05) is 57.8 Å². The molecule has 0 saturated carbocycles. The van der Waals surface area contributed by atoms with Gasteiger partial charge in [-0.15, -0.1) is 0 Å². The summed E-state index contributed by atoms with van der Waals surface area (Å²) >= 11 is 0. The minimum atomic E-state index is -0.329. The average Bonchev–Trinajstić information content (AvgIpc) is 3.50. The number of benzene rings is 3. The van der Waals surface area contributed by atoms with E-state index in [9.17, 15) is 4.39 Å². The zero-order valence-corrected chi connectivity index (χ0v) is 26.6. The van der Waals surface area contributed by atoms with Crippen LogP contribution in [0.1, 0.15) is 43.1 Å². The molecule has 0 fully saturated rings. The van der Waals surface area contributed by atoms with Gasteiger partial charge in [0.1, 0.15) is 23.1 Å². The van der Waals surface area contributed by atoms with E-state index in [1.54, 1.807) is 0 Å². The molecular weight excluding hydrogens is 561 g/mol. The van der Waals surface area contributed by atoms with Crippen molar-refractivity contribution >= 4 is 21.8 Å². The minimum Gasteiger partial charge on any atom is -0.457 e. The molecule has 228 valence electrons. The Bertz CT molecular complexity index is 2090. The molecule has 1 aliphatic rings. The van der Waals surface area contributed by atoms with Gasteiger partial charge in [0, 0.05) is 58.4 Å². The lowest BCUT2D eigenvalue weighted by molar-refractivity contribution is 0.266. The van der Waals surface area contributed by atoms with Crippen LogP contribution in [0, 0.1) is 25.6 Å². The van der Waals surface area contributed by atoms with Crippen molar-refractivity contribution in [2.45, 2.75) is 46.1 Å². The Kier molecular flexibility index (Phi) is 7.29. The number of fused-ring (bicyclic) bond motifs is 3. The Morgan fingerprint density at radius 1 is 0.867 bits per heavy atom. The predicted octanol–water partition coefficient (Wildman–Crippen LogP) is 8.91. The Balaban J connectivity index is 1.24. The summed E-state index contributed by atoms with van der Waals surface area (Å²) in [7, 11) is 4.31. The number of para-hydroxylation sites is 1. The SMILES string of the molecule is CC1=C[C@H](N(C)C)C[C@H](C)C1c1c(C)nn(-c2cccc(Oc3ccc4c5ccccc5n(-c5cc(F)ccn5)c4c3)c2)c1C. The van der Waals surface area contributed by atoms with Gasteiger partial charge in [-0.2, -0.15) is 5.10 Å². The maximum atomic E-state index is 14.3. The fourth-order valence-corrected chi connectivity index (χ4v) is 7.26. The molecule has 3 aromatic carbocycles. The fourth-order valence-electron chi connectivity index (χ4n) is 7.26. The number of halogens is 1. The van der Waals surface area contributed by atoms with E-state index in [0.29, 0.717) is 35.2 Å². The number of pyridine rings is 1. The summed E-state index contributed by atoms with van der Waals surface area (Å²) in [4.78, 5) is 6.79. The molecule has 0 N–H and O–H groups in total. The Morgan fingerprint density at radius 2 is 1.64 bits per heavy atom. The Hall–Kier alpha value is -4.75. The number of likely N-dealkylation sites (N-methyl/N-ethyl adjacent to an activating group) is 1. The van der Waals surface area contributed by atoms with Gasteiger partial charge >= 0.3 is 0 Å². The molecule has 0 aliphatic heterocycles. The lowest BCUT2D eigenvalue weighted by Crippen LogP contribution is -2.33. The van der Waals surface area contributed by atoms with Crippen LogP contribution in [0.4, 0.5) is 4.39 Å². The topological polar surface area (TPSA) is 48.1 Å². The quantitative estimate of drug-likeness (QED) is 0.179. The van der Waals surface area contributed by atoms with E-state index in [4.69, 9.17) is 9.84 Å². The highest BCUT2D eigenvalue weighted by Crippen LogP contribution is 2.42. The zero-order valence-electron chi connectivity index (χ0n) is 26.6. The van der Waals surface area contributed by atoms with Crippen molar-refractivity contribution in [3.8, 4) is 23.0 Å². The summed E-state index contributed by atoms with van der Waals surface area (Å²) in [6, 6.07) is 25.5. The molecule has 6 aromatic rings. The largest absolute Gasteiger partial charge is 0.457 e. The molecule has 45 heavy (non-hydrogen) atoms. The van der Waals surface area contributed by atoms with E-state index in [0.717, 1.165) is 45.3 Å². The molecule has 0 bridgehead atoms. The molecule has 0 amide bonds. The standard InChI is InChI=1S/C38H38FN5O/c1-23-18-29(42(5)6)19-24(2)37(23)38-25(3)41-44(26(38)4)28-10-9-11-30(21-28)45-31-14-15-33-32-12-7-8-13-34(32)43(35(33)22-31)36-20-27(39)16-17-40-36/h7-18,20-22,24,29,37H,19H2,1-6H3/t24-,29-,37?/m0/s1. The fraction of sp³-hybridized carbons (Fsp3) is 0.263. The molecule has 7 heteroatoms. The molecule has 6 nitrogen and oxygen atoms in total. The summed E-state index contributed by atoms with van der Waals surface area (Å²) in [5.74, 6) is 2.45. The van der Waals surface area contributed by atoms with Gasteiger partial charge in [0.2, 0.25) is 0 Å². The summed E-state index contributed by atoms with van der Waals surface area (Å²) in [5, 5.41) is 7.15. The van der Waals surface area contributed by atoms with Crippen molar-refractivity contribution in [2.75, 3.05) is 14.1 Å². The molecule has 0 saturated heterocycles. The van der Waals surface area contributed by atoms with Crippen molar-refractivity contribution in [3.63, 3.8) is 0 Å². The van der Waals surface area contributed by atoms with Crippen LogP contribution in [0.15, 0.2) is 96.7 Å². The van der Waals surface area contributed by atoms with Gasteiger partial charge in [-0.1, -0.05) is 42.8 Å². The van der Waals surface area contributed by atoms with Crippen LogP contribution < -0.4 is 4.74 Å². The monoisotopic (exact) mass is 599 g/mol. The molecule has 3 aromatic heterocycles. The van der Waals surface area contributed by atoms with Crippen molar-refractivity contribution < 1.29 is 9.13 Å². The van der Waals surface area contributed by atoms with Gasteiger partial charge in [0.15, 0.2) is 0 Å². The number of aromatic nitrogens is 4. The lowest BCUT2D eigenvalue weighted by Gasteiger charge is -2.36. The smallest absolute Gasteiger partial charge is 0.140 e. The van der Waals surface area contributed by atoms with Gasteiger partial charge in [-0.3, -0.25) is 4.57 Å². The third-order valence-electron chi connectivity index (χ3n) is 9.33. The van der Waals surface area contributed by atoms with Crippen molar-refractivity contribution in [3.05, 3.63) is 119 Å². The number of rotatable bonds is 6. The second-order valence-electron chi connectivity index (χ2n) is 12.6. The van der Waals surface area contributed by atoms with Crippen LogP contribution in [-0.2, 0) is 0 Å². The average molecular weight is 600 g/mol. The van der Waals surface area contributed by atoms with Crippen LogP contribution in [0.5, 0.6) is 11.5 Å². The van der Waals surface area contributed by atoms with Gasteiger partial charge in [0.25, 0.3) is 0 Å². The van der Waals surface area contributed by atoms with Crippen LogP contribution in [0.25, 0.3) is 33.3 Å². The molecule has 0 spiro atoms. The highest BCUT2D eigenvalue weighted by molar-refractivity contribution is 6.09. The van der Waals surface area contributed by atoms with Crippen LogP contribution in [-0.4, -0.2) is 44.4 Å².